The number of nitrogens with two attached hydrogens (primary N) is 4. The highest BCUT2D eigenvalue weighted by Gasteiger charge is 2.40. The van der Waals surface area contributed by atoms with Crippen LogP contribution >= 0.6 is 23.5 Å². The van der Waals surface area contributed by atoms with Gasteiger partial charge in [-0.25, -0.2) is 18.5 Å². The van der Waals surface area contributed by atoms with E-state index in [0.29, 0.717) is 6.42 Å². The summed E-state index contributed by atoms with van der Waals surface area (Å²) < 4.78 is 49.0. The number of aliphatic hydroxyl groups excluding tert-OH is 2. The van der Waals surface area contributed by atoms with Gasteiger partial charge < -0.3 is 136 Å². The number of phosphoric acid groups is 3. The number of phosphoric ester groups is 3. The van der Waals surface area contributed by atoms with E-state index in [-0.39, 0.29) is 81.3 Å². The second-order valence-corrected chi connectivity index (χ2v) is 32.4. The fourth-order valence-electron chi connectivity index (χ4n) is 11.7. The largest absolute Gasteiger partial charge is 0.524 e. The van der Waals surface area contributed by atoms with Gasteiger partial charge in [0.15, 0.2) is 11.9 Å². The number of unbranched alkanes of at least 4 members (excludes halogenated alkanes) is 1. The summed E-state index contributed by atoms with van der Waals surface area (Å²) >= 11 is 0. The van der Waals surface area contributed by atoms with Crippen LogP contribution in [0.3, 0.4) is 0 Å². The molecule has 0 aliphatic carbocycles. The summed E-state index contributed by atoms with van der Waals surface area (Å²) in [6.07, 6.45) is -10.4. The minimum Gasteiger partial charge on any atom is -0.481 e. The van der Waals surface area contributed by atoms with Crippen molar-refractivity contribution in [3.05, 3.63) is 89.5 Å². The summed E-state index contributed by atoms with van der Waals surface area (Å²) in [6, 6.07) is -10.3. The van der Waals surface area contributed by atoms with Crippen molar-refractivity contribution in [1.82, 2.24) is 69.1 Å². The molecular weight excluding hydrogens is 1750 g/mol. The zero-order valence-electron chi connectivity index (χ0n) is 68.9. The standard InChI is InChI=1S/C72H110N19O33P3/c1-5-35(2)57(90-66(107)52(34-55(98)99)87-60(101)45(12-9-29-80-72(77)78)83-67(108)56(74)36(3)92)68(109)88-50(32-40-17-23-43(24-18-40)124-127(119,120)121)63(104)82-46(25-26-53(94)95)61(102)91-58(37(4)93)69(110)89-51(33-54(96)97)65(106)86-49(31-39-15-21-42(22-16-39)123-126(116,117)118)64(105)85-48(30-38-13-19-41(20-14-38)122-125(113,114)115)62(103)81-44(11-8-28-79-71(75)76)59(100)84-47(70(111)112)10-6-7-27-73/h13-24,35-37,44-52,56-58,92-93H,5-12,25-34,73-74H2,1-4H3,(H,81,103)(H,82,104)(H,83,108)(H,84,100)(H,85,105)(H,86,106)(H,87,101)(H,88,109)(H,89,110)(H,90,107)(H,91,102)(H,94,95)(H,96,97)(H,98,99)(H,111,112)(H4,75,76,79)(H4,77,78,80)(H2,113,114,115)(H2,116,117,118)(H2,119,120,121)/t35-,36+,37+,44-,45-,46-,47-,48-,49-,50-,51-,52-,56-,57-,58-/m0/s1. The number of aliphatic hydroxyl groups is 2. The van der Waals surface area contributed by atoms with Gasteiger partial charge in [-0.15, -0.1) is 0 Å². The van der Waals surface area contributed by atoms with Crippen LogP contribution < -0.4 is 106 Å². The number of carboxylic acids is 4. The van der Waals surface area contributed by atoms with E-state index in [9.17, 15) is 141 Å². The lowest BCUT2D eigenvalue weighted by Crippen LogP contribution is -2.63. The summed E-state index contributed by atoms with van der Waals surface area (Å²) in [4.78, 5) is 265. The molecule has 3 aromatic rings. The van der Waals surface area contributed by atoms with Crippen molar-refractivity contribution in [3.63, 3.8) is 0 Å². The van der Waals surface area contributed by atoms with Crippen LogP contribution in [0, 0.1) is 16.7 Å². The van der Waals surface area contributed by atoms with Crippen molar-refractivity contribution < 1.29 is 159 Å². The third-order valence-electron chi connectivity index (χ3n) is 18.4. The van der Waals surface area contributed by atoms with Gasteiger partial charge in [-0.1, -0.05) is 56.7 Å². The molecule has 0 aliphatic rings. The number of hydrogen-bond acceptors (Lipinski definition) is 27. The number of carbonyl (C=O) groups excluding carboxylic acids is 11. The lowest BCUT2D eigenvalue weighted by atomic mass is 9.96. The van der Waals surface area contributed by atoms with Crippen LogP contribution in [0.15, 0.2) is 72.8 Å². The minimum absolute atomic E-state index is 0.00769. The van der Waals surface area contributed by atoms with Gasteiger partial charge in [0.25, 0.3) is 0 Å². The number of amides is 11. The van der Waals surface area contributed by atoms with E-state index in [1.165, 1.54) is 26.0 Å². The highest BCUT2D eigenvalue weighted by atomic mass is 31.2. The molecule has 0 radical (unpaired) electrons. The number of carboxylic acid groups (broad SMARTS) is 4. The van der Waals surface area contributed by atoms with Gasteiger partial charge in [-0.2, -0.15) is 0 Å². The van der Waals surface area contributed by atoms with E-state index >= 15 is 4.79 Å². The summed E-state index contributed by atoms with van der Waals surface area (Å²) in [5.41, 5.74) is 22.2. The molecule has 55 heteroatoms. The molecule has 0 spiro atoms. The molecule has 15 atom stereocenters. The lowest BCUT2D eigenvalue weighted by Gasteiger charge is -2.30. The van der Waals surface area contributed by atoms with Crippen molar-refractivity contribution in [1.29, 1.82) is 10.8 Å². The van der Waals surface area contributed by atoms with E-state index in [1.54, 1.807) is 0 Å². The van der Waals surface area contributed by atoms with E-state index in [1.807, 2.05) is 5.32 Å². The Hall–Kier alpha value is -12.1. The smallest absolute Gasteiger partial charge is 0.481 e. The molecule has 0 saturated carbocycles. The molecule has 0 saturated heterocycles. The Morgan fingerprint density at radius 1 is 0.378 bits per heavy atom. The highest BCUT2D eigenvalue weighted by Crippen LogP contribution is 2.39. The molecule has 52 nitrogen and oxygen atoms in total. The van der Waals surface area contributed by atoms with Crippen molar-refractivity contribution in [3.8, 4) is 17.2 Å². The fourth-order valence-corrected chi connectivity index (χ4v) is 12.9. The number of carbonyl (C=O) groups is 15. The average Bonchev–Trinajstić information content (AvgIpc) is 0.838. The SMILES string of the molecule is CC[C@H](C)[C@H](NC(=O)[C@H](CC(=O)O)NC(=O)[C@H](CCCNC(=N)N)NC(=O)[C@@H](N)[C@@H](C)O)C(=O)N[C@@H](Cc1ccc(OP(=O)(O)O)cc1)C(=O)N[C@@H](CCC(=O)O)C(=O)N[C@H](C(=O)N[C@@H](CC(=O)O)C(=O)N[C@@H](Cc1ccc(OP(=O)(O)O)cc1)C(=O)N[C@@H](Cc1ccc(OP(=O)(O)O)cc1)C(=O)N[C@@H](CCCNC(=N)N)C(=O)N[C@@H](CCCCN)C(=O)O)[C@@H](C)O. The highest BCUT2D eigenvalue weighted by molar-refractivity contribution is 7.47. The first kappa shape index (κ1) is 109. The number of rotatable bonds is 58. The molecule has 0 unspecified atom stereocenters. The monoisotopic (exact) mass is 1860 g/mol. The Balaban J connectivity index is 2.20. The van der Waals surface area contributed by atoms with Crippen LogP contribution in [0.1, 0.15) is 121 Å². The van der Waals surface area contributed by atoms with Gasteiger partial charge in [-0.3, -0.25) is 107 Å². The second kappa shape index (κ2) is 52.8. The first-order chi connectivity index (χ1) is 59.2. The Morgan fingerprint density at radius 2 is 0.669 bits per heavy atom. The first-order valence-electron chi connectivity index (χ1n) is 38.9. The Bertz CT molecular complexity index is 4460. The summed E-state index contributed by atoms with van der Waals surface area (Å²) in [5, 5.41) is 106. The Kier molecular flexibility index (Phi) is 45.3. The molecule has 0 aliphatic heterocycles. The Morgan fingerprint density at radius 3 is 1.00 bits per heavy atom. The molecule has 11 amide bonds. The van der Waals surface area contributed by atoms with Crippen LogP contribution in [0.25, 0.3) is 0 Å². The Labute approximate surface area is 724 Å². The number of hydrogen-bond donors (Lipinski definition) is 31. The van der Waals surface area contributed by atoms with Gasteiger partial charge >= 0.3 is 47.3 Å². The first-order valence-corrected chi connectivity index (χ1v) is 43.5. The molecule has 35 N–H and O–H groups in total. The maximum Gasteiger partial charge on any atom is 0.524 e. The average molecular weight is 1860 g/mol. The third kappa shape index (κ3) is 42.7. The zero-order chi connectivity index (χ0) is 96.0. The van der Waals surface area contributed by atoms with Crippen molar-refractivity contribution in [2.75, 3.05) is 19.6 Å². The van der Waals surface area contributed by atoms with Gasteiger partial charge in [-0.05, 0) is 131 Å². The van der Waals surface area contributed by atoms with Crippen LogP contribution in [-0.4, -0.2) is 265 Å². The normalized spacial score (nSPS) is 15.0. The lowest BCUT2D eigenvalue weighted by molar-refractivity contribution is -0.143. The minimum atomic E-state index is -5.22. The van der Waals surface area contributed by atoms with Crippen molar-refractivity contribution in [2.24, 2.45) is 28.9 Å². The molecule has 3 aromatic carbocycles. The topological polar surface area (TPSA) is 886 Å². The summed E-state index contributed by atoms with van der Waals surface area (Å²) in [5.74, 6) is -24.6. The molecule has 3 rings (SSSR count). The number of guanidine groups is 2. The summed E-state index contributed by atoms with van der Waals surface area (Å²) in [7, 11) is -15.6. The van der Waals surface area contributed by atoms with Gasteiger partial charge in [0.1, 0.15) is 89.8 Å². The number of benzene rings is 3. The number of nitrogens with one attached hydrogen (secondary N) is 15. The molecule has 0 fully saturated rings. The van der Waals surface area contributed by atoms with Crippen LogP contribution in [0.2, 0.25) is 0 Å². The quantitative estimate of drug-likeness (QED) is 0.0108. The fraction of sp³-hybridized carbons (Fsp3) is 0.514. The van der Waals surface area contributed by atoms with Gasteiger partial charge in [0.05, 0.1) is 25.0 Å². The van der Waals surface area contributed by atoms with Gasteiger partial charge in [0.2, 0.25) is 65.0 Å². The number of aliphatic carboxylic acids is 4. The summed E-state index contributed by atoms with van der Waals surface area (Å²) in [6.45, 7) is 4.97. The van der Waals surface area contributed by atoms with Crippen LogP contribution in [-0.2, 0) is 105 Å². The maximum atomic E-state index is 15.1. The van der Waals surface area contributed by atoms with E-state index in [2.05, 4.69) is 77.4 Å². The van der Waals surface area contributed by atoms with E-state index in [0.717, 1.165) is 74.5 Å². The maximum absolute atomic E-state index is 15.1. The molecule has 0 aromatic heterocycles. The second-order valence-electron chi connectivity index (χ2n) is 28.9. The van der Waals surface area contributed by atoms with Crippen molar-refractivity contribution in [2.45, 2.75) is 209 Å². The third-order valence-corrected chi connectivity index (χ3v) is 19.8. The van der Waals surface area contributed by atoms with Crippen molar-refractivity contribution >= 4 is 124 Å². The predicted octanol–water partition coefficient (Wildman–Crippen LogP) is -6.85. The predicted molar refractivity (Wildman–Crippen MR) is 441 cm³/mol. The molecule has 127 heavy (non-hydrogen) atoms. The van der Waals surface area contributed by atoms with E-state index in [4.69, 9.17) is 33.8 Å². The molecular formula is C72H110N19O33P3. The van der Waals surface area contributed by atoms with Gasteiger partial charge in [0, 0.05) is 38.8 Å². The van der Waals surface area contributed by atoms with Crippen LogP contribution in [0.5, 0.6) is 17.2 Å². The zero-order valence-corrected chi connectivity index (χ0v) is 71.6. The molecule has 706 valence electrons. The van der Waals surface area contributed by atoms with Crippen LogP contribution in [0.4, 0.5) is 0 Å². The molecule has 0 bridgehead atoms. The van der Waals surface area contributed by atoms with E-state index < -0.39 is 277 Å². The molecule has 0 heterocycles.